The molecule has 0 spiro atoms. The molecule has 0 aliphatic carbocycles. The number of hydrogen-bond donors (Lipinski definition) is 1. The van der Waals surface area contributed by atoms with Crippen LogP contribution < -0.4 is 5.32 Å². The maximum absolute atomic E-state index is 11.8. The standard InChI is InChI=1S/C16H10ClN3O3/c17-14-7-3-11(9-15(14)20(22)23)4-8-16(21)19-13-5-1-12(10-18)2-6-13/h1-9H,(H,19,21)/b8-4+. The van der Waals surface area contributed by atoms with E-state index in [-0.39, 0.29) is 10.7 Å². The normalized spacial score (nSPS) is 10.3. The molecule has 0 aromatic heterocycles. The Kier molecular flexibility index (Phi) is 5.07. The van der Waals surface area contributed by atoms with Crippen LogP contribution in [0.4, 0.5) is 11.4 Å². The summed E-state index contributed by atoms with van der Waals surface area (Å²) in [4.78, 5) is 22.0. The van der Waals surface area contributed by atoms with Crippen molar-refractivity contribution in [3.63, 3.8) is 0 Å². The number of nitrogens with one attached hydrogen (secondary N) is 1. The largest absolute Gasteiger partial charge is 0.323 e. The lowest BCUT2D eigenvalue weighted by Gasteiger charge is -2.01. The summed E-state index contributed by atoms with van der Waals surface area (Å²) < 4.78 is 0. The first kappa shape index (κ1) is 16.2. The zero-order valence-electron chi connectivity index (χ0n) is 11.7. The molecule has 2 aromatic rings. The average molecular weight is 328 g/mol. The number of nitro groups is 1. The SMILES string of the molecule is N#Cc1ccc(NC(=O)/C=C/c2ccc(Cl)c([N+](=O)[O-])c2)cc1. The Bertz CT molecular complexity index is 823. The van der Waals surface area contributed by atoms with E-state index >= 15 is 0 Å². The van der Waals surface area contributed by atoms with Crippen LogP contribution in [0.15, 0.2) is 48.5 Å². The number of amides is 1. The van der Waals surface area contributed by atoms with Gasteiger partial charge in [-0.05, 0) is 42.0 Å². The van der Waals surface area contributed by atoms with Crippen molar-refractivity contribution in [2.24, 2.45) is 0 Å². The number of anilines is 1. The van der Waals surface area contributed by atoms with Crippen molar-refractivity contribution in [3.05, 3.63) is 74.8 Å². The van der Waals surface area contributed by atoms with Crippen molar-refractivity contribution in [2.75, 3.05) is 5.32 Å². The molecule has 0 atom stereocenters. The maximum Gasteiger partial charge on any atom is 0.288 e. The van der Waals surface area contributed by atoms with Crippen molar-refractivity contribution in [3.8, 4) is 6.07 Å². The Labute approximate surface area is 136 Å². The third-order valence-corrected chi connectivity index (χ3v) is 3.20. The van der Waals surface area contributed by atoms with E-state index in [0.29, 0.717) is 16.8 Å². The number of rotatable bonds is 4. The van der Waals surface area contributed by atoms with Gasteiger partial charge in [0.15, 0.2) is 0 Å². The Morgan fingerprint density at radius 1 is 1.26 bits per heavy atom. The van der Waals surface area contributed by atoms with Crippen LogP contribution in [0.3, 0.4) is 0 Å². The Balaban J connectivity index is 2.07. The van der Waals surface area contributed by atoms with Crippen molar-refractivity contribution in [1.82, 2.24) is 0 Å². The van der Waals surface area contributed by atoms with Gasteiger partial charge in [-0.25, -0.2) is 0 Å². The van der Waals surface area contributed by atoms with Gasteiger partial charge in [0, 0.05) is 17.8 Å². The molecule has 6 nitrogen and oxygen atoms in total. The molecule has 0 radical (unpaired) electrons. The van der Waals surface area contributed by atoms with E-state index in [0.717, 1.165) is 0 Å². The van der Waals surface area contributed by atoms with Gasteiger partial charge in [0.1, 0.15) is 5.02 Å². The minimum Gasteiger partial charge on any atom is -0.323 e. The third-order valence-electron chi connectivity index (χ3n) is 2.88. The lowest BCUT2D eigenvalue weighted by molar-refractivity contribution is -0.384. The second kappa shape index (κ2) is 7.20. The first-order chi connectivity index (χ1) is 11.0. The smallest absolute Gasteiger partial charge is 0.288 e. The van der Waals surface area contributed by atoms with E-state index in [9.17, 15) is 14.9 Å². The molecular weight excluding hydrogens is 318 g/mol. The van der Waals surface area contributed by atoms with E-state index in [1.54, 1.807) is 30.3 Å². The average Bonchev–Trinajstić information content (AvgIpc) is 2.54. The summed E-state index contributed by atoms with van der Waals surface area (Å²) in [7, 11) is 0. The fourth-order valence-corrected chi connectivity index (χ4v) is 1.94. The quantitative estimate of drug-likeness (QED) is 0.525. The fourth-order valence-electron chi connectivity index (χ4n) is 1.76. The van der Waals surface area contributed by atoms with Crippen LogP contribution in [0.5, 0.6) is 0 Å². The molecule has 1 N–H and O–H groups in total. The molecule has 0 fully saturated rings. The number of nitrogens with zero attached hydrogens (tertiary/aromatic N) is 2. The summed E-state index contributed by atoms with van der Waals surface area (Å²) in [5.41, 5.74) is 1.30. The summed E-state index contributed by atoms with van der Waals surface area (Å²) in [6.07, 6.45) is 2.70. The van der Waals surface area contributed by atoms with Crippen LogP contribution in [0, 0.1) is 21.4 Å². The summed E-state index contributed by atoms with van der Waals surface area (Å²) in [6, 6.07) is 12.6. The highest BCUT2D eigenvalue weighted by Gasteiger charge is 2.11. The Hall–Kier alpha value is -3.17. The van der Waals surface area contributed by atoms with Crippen LogP contribution in [0.1, 0.15) is 11.1 Å². The predicted octanol–water partition coefficient (Wildman–Crippen LogP) is 3.77. The van der Waals surface area contributed by atoms with Gasteiger partial charge in [0.25, 0.3) is 5.69 Å². The molecule has 0 aliphatic heterocycles. The maximum atomic E-state index is 11.8. The van der Waals surface area contributed by atoms with Crippen LogP contribution in [-0.4, -0.2) is 10.8 Å². The number of benzene rings is 2. The molecule has 0 heterocycles. The van der Waals surface area contributed by atoms with Gasteiger partial charge >= 0.3 is 0 Å². The second-order valence-corrected chi connectivity index (χ2v) is 4.89. The molecule has 2 aromatic carbocycles. The molecule has 23 heavy (non-hydrogen) atoms. The number of carbonyl (C=O) groups is 1. The van der Waals surface area contributed by atoms with Crippen LogP contribution in [-0.2, 0) is 4.79 Å². The Morgan fingerprint density at radius 3 is 2.57 bits per heavy atom. The minimum atomic E-state index is -0.587. The van der Waals surface area contributed by atoms with Gasteiger partial charge in [0.2, 0.25) is 5.91 Å². The molecule has 114 valence electrons. The number of carbonyl (C=O) groups excluding carboxylic acids is 1. The van der Waals surface area contributed by atoms with Crippen LogP contribution in [0.25, 0.3) is 6.08 Å². The first-order valence-electron chi connectivity index (χ1n) is 6.43. The van der Waals surface area contributed by atoms with E-state index in [2.05, 4.69) is 5.32 Å². The minimum absolute atomic E-state index is 0.0363. The highest BCUT2D eigenvalue weighted by molar-refractivity contribution is 6.32. The van der Waals surface area contributed by atoms with Crippen LogP contribution >= 0.6 is 11.6 Å². The molecule has 0 saturated heterocycles. The molecule has 2 rings (SSSR count). The molecule has 0 saturated carbocycles. The first-order valence-corrected chi connectivity index (χ1v) is 6.80. The fraction of sp³-hybridized carbons (Fsp3) is 0. The Morgan fingerprint density at radius 2 is 1.96 bits per heavy atom. The molecule has 0 bridgehead atoms. The van der Waals surface area contributed by atoms with Gasteiger partial charge in [-0.3, -0.25) is 14.9 Å². The van der Waals surface area contributed by atoms with Crippen LogP contribution in [0.2, 0.25) is 5.02 Å². The number of nitro benzene ring substituents is 1. The lowest BCUT2D eigenvalue weighted by Crippen LogP contribution is -2.07. The summed E-state index contributed by atoms with van der Waals surface area (Å²) in [6.45, 7) is 0. The van der Waals surface area contributed by atoms with Crippen molar-refractivity contribution >= 4 is 35.0 Å². The predicted molar refractivity (Wildman–Crippen MR) is 86.9 cm³/mol. The third kappa shape index (κ3) is 4.40. The topological polar surface area (TPSA) is 96.0 Å². The van der Waals surface area contributed by atoms with E-state index in [4.69, 9.17) is 16.9 Å². The molecule has 0 aliphatic rings. The summed E-state index contributed by atoms with van der Waals surface area (Å²) >= 11 is 5.72. The van der Waals surface area contributed by atoms with Gasteiger partial charge in [-0.15, -0.1) is 0 Å². The molecule has 1 amide bonds. The van der Waals surface area contributed by atoms with E-state index in [1.165, 1.54) is 24.3 Å². The summed E-state index contributed by atoms with van der Waals surface area (Å²) in [5.74, 6) is -0.396. The molecule has 0 unspecified atom stereocenters. The van der Waals surface area contributed by atoms with Crippen molar-refractivity contribution in [1.29, 1.82) is 5.26 Å². The van der Waals surface area contributed by atoms with Gasteiger partial charge in [-0.2, -0.15) is 5.26 Å². The summed E-state index contributed by atoms with van der Waals surface area (Å²) in [5, 5.41) is 22.1. The highest BCUT2D eigenvalue weighted by Crippen LogP contribution is 2.25. The zero-order valence-corrected chi connectivity index (χ0v) is 12.4. The zero-order chi connectivity index (χ0) is 16.8. The van der Waals surface area contributed by atoms with E-state index in [1.807, 2.05) is 6.07 Å². The van der Waals surface area contributed by atoms with Crippen molar-refractivity contribution < 1.29 is 9.72 Å². The van der Waals surface area contributed by atoms with E-state index < -0.39 is 10.8 Å². The monoisotopic (exact) mass is 327 g/mol. The van der Waals surface area contributed by atoms with Gasteiger partial charge in [0.05, 0.1) is 16.6 Å². The molecular formula is C16H10ClN3O3. The van der Waals surface area contributed by atoms with Crippen molar-refractivity contribution in [2.45, 2.75) is 0 Å². The molecule has 7 heteroatoms. The van der Waals surface area contributed by atoms with Gasteiger partial charge in [-0.1, -0.05) is 17.7 Å². The second-order valence-electron chi connectivity index (χ2n) is 4.48. The number of nitriles is 1. The number of halogens is 1. The highest BCUT2D eigenvalue weighted by atomic mass is 35.5. The number of hydrogen-bond acceptors (Lipinski definition) is 4. The van der Waals surface area contributed by atoms with Gasteiger partial charge < -0.3 is 5.32 Å². The lowest BCUT2D eigenvalue weighted by atomic mass is 10.2.